The van der Waals surface area contributed by atoms with E-state index in [9.17, 15) is 14.4 Å². The second-order valence-electron chi connectivity index (χ2n) is 4.57. The van der Waals surface area contributed by atoms with Crippen LogP contribution in [-0.2, 0) is 19.1 Å². The molecule has 1 heterocycles. The first-order chi connectivity index (χ1) is 9.88. The minimum absolute atomic E-state index is 0.0431. The van der Waals surface area contributed by atoms with E-state index in [-0.39, 0.29) is 5.56 Å². The van der Waals surface area contributed by atoms with Crippen LogP contribution in [0.15, 0.2) is 33.7 Å². The Kier molecular flexibility index (Phi) is 4.07. The SMILES string of the molecule is CC(=O)OC(OC(C)=O)c1coc2ccc(C)cc2c1=O. The van der Waals surface area contributed by atoms with Gasteiger partial charge in [0.25, 0.3) is 6.29 Å². The fourth-order valence-electron chi connectivity index (χ4n) is 1.88. The quantitative estimate of drug-likeness (QED) is 0.636. The fourth-order valence-corrected chi connectivity index (χ4v) is 1.88. The lowest BCUT2D eigenvalue weighted by Crippen LogP contribution is -2.21. The van der Waals surface area contributed by atoms with Crippen molar-refractivity contribution in [3.8, 4) is 0 Å². The van der Waals surface area contributed by atoms with E-state index in [1.165, 1.54) is 0 Å². The lowest BCUT2D eigenvalue weighted by atomic mass is 10.1. The highest BCUT2D eigenvalue weighted by molar-refractivity contribution is 5.78. The molecule has 0 bridgehead atoms. The number of fused-ring (bicyclic) bond motifs is 1. The lowest BCUT2D eigenvalue weighted by Gasteiger charge is -2.16. The van der Waals surface area contributed by atoms with Gasteiger partial charge in [-0.15, -0.1) is 0 Å². The molecule has 6 heteroatoms. The first-order valence-electron chi connectivity index (χ1n) is 6.25. The molecule has 2 aromatic rings. The molecule has 1 aromatic heterocycles. The summed E-state index contributed by atoms with van der Waals surface area (Å²) in [7, 11) is 0. The van der Waals surface area contributed by atoms with Crippen LogP contribution in [0.2, 0.25) is 0 Å². The van der Waals surface area contributed by atoms with Crippen molar-refractivity contribution in [2.24, 2.45) is 0 Å². The molecule has 0 atom stereocenters. The number of carbonyl (C=O) groups is 2. The van der Waals surface area contributed by atoms with Gasteiger partial charge >= 0.3 is 11.9 Å². The summed E-state index contributed by atoms with van der Waals surface area (Å²) in [5.74, 6) is -1.35. The summed E-state index contributed by atoms with van der Waals surface area (Å²) in [6.45, 7) is 4.15. The molecule has 0 fully saturated rings. The molecule has 0 aliphatic carbocycles. The first-order valence-corrected chi connectivity index (χ1v) is 6.25. The van der Waals surface area contributed by atoms with Crippen molar-refractivity contribution >= 4 is 22.9 Å². The van der Waals surface area contributed by atoms with E-state index < -0.39 is 23.7 Å². The molecule has 0 N–H and O–H groups in total. The van der Waals surface area contributed by atoms with Crippen LogP contribution >= 0.6 is 0 Å². The zero-order valence-corrected chi connectivity index (χ0v) is 11.8. The maximum absolute atomic E-state index is 12.4. The van der Waals surface area contributed by atoms with Gasteiger partial charge in [0, 0.05) is 13.8 Å². The average molecular weight is 290 g/mol. The van der Waals surface area contributed by atoms with E-state index in [2.05, 4.69) is 0 Å². The van der Waals surface area contributed by atoms with E-state index in [4.69, 9.17) is 13.9 Å². The number of hydrogen-bond acceptors (Lipinski definition) is 6. The molecule has 0 radical (unpaired) electrons. The maximum Gasteiger partial charge on any atom is 0.305 e. The highest BCUT2D eigenvalue weighted by Crippen LogP contribution is 2.20. The van der Waals surface area contributed by atoms with Crippen molar-refractivity contribution in [2.75, 3.05) is 0 Å². The van der Waals surface area contributed by atoms with Gasteiger partial charge in [0.05, 0.1) is 5.39 Å². The number of carbonyl (C=O) groups excluding carboxylic acids is 2. The molecule has 0 unspecified atom stereocenters. The molecule has 0 saturated carbocycles. The first kappa shape index (κ1) is 14.8. The Hall–Kier alpha value is -2.63. The molecule has 0 aliphatic heterocycles. The molecule has 6 nitrogen and oxygen atoms in total. The van der Waals surface area contributed by atoms with Crippen molar-refractivity contribution in [3.63, 3.8) is 0 Å². The van der Waals surface area contributed by atoms with Crippen LogP contribution in [0.4, 0.5) is 0 Å². The highest BCUT2D eigenvalue weighted by Gasteiger charge is 2.23. The van der Waals surface area contributed by atoms with Gasteiger partial charge < -0.3 is 13.9 Å². The number of benzene rings is 1. The van der Waals surface area contributed by atoms with E-state index in [1.807, 2.05) is 6.92 Å². The van der Waals surface area contributed by atoms with Crippen molar-refractivity contribution in [1.82, 2.24) is 0 Å². The summed E-state index contributed by atoms with van der Waals surface area (Å²) >= 11 is 0. The number of ether oxygens (including phenoxy) is 2. The number of rotatable bonds is 3. The zero-order chi connectivity index (χ0) is 15.6. The van der Waals surface area contributed by atoms with Gasteiger partial charge in [-0.25, -0.2) is 0 Å². The van der Waals surface area contributed by atoms with Crippen LogP contribution in [0.25, 0.3) is 11.0 Å². The van der Waals surface area contributed by atoms with Crippen LogP contribution in [0, 0.1) is 6.92 Å². The third kappa shape index (κ3) is 3.28. The Morgan fingerprint density at radius 2 is 1.76 bits per heavy atom. The summed E-state index contributed by atoms with van der Waals surface area (Å²) < 4.78 is 15.1. The van der Waals surface area contributed by atoms with Crippen molar-refractivity contribution in [3.05, 3.63) is 45.8 Å². The molecule has 0 amide bonds. The van der Waals surface area contributed by atoms with Crippen molar-refractivity contribution < 1.29 is 23.5 Å². The summed E-state index contributed by atoms with van der Waals surface area (Å²) in [6, 6.07) is 5.13. The van der Waals surface area contributed by atoms with E-state index >= 15 is 0 Å². The topological polar surface area (TPSA) is 82.8 Å². The van der Waals surface area contributed by atoms with Crippen LogP contribution in [0.3, 0.4) is 0 Å². The Balaban J connectivity index is 2.57. The minimum atomic E-state index is -1.42. The number of esters is 2. The Labute approximate surface area is 120 Å². The largest absolute Gasteiger partial charge is 0.463 e. The summed E-state index contributed by atoms with van der Waals surface area (Å²) in [6.07, 6.45) is -0.280. The molecule has 0 spiro atoms. The summed E-state index contributed by atoms with van der Waals surface area (Å²) in [4.78, 5) is 34.6. The van der Waals surface area contributed by atoms with Crippen LogP contribution < -0.4 is 5.43 Å². The Morgan fingerprint density at radius 3 is 2.33 bits per heavy atom. The molecule has 1 aromatic carbocycles. The minimum Gasteiger partial charge on any atom is -0.463 e. The van der Waals surface area contributed by atoms with Gasteiger partial charge in [0.2, 0.25) is 5.43 Å². The smallest absolute Gasteiger partial charge is 0.305 e. The molecule has 110 valence electrons. The predicted molar refractivity (Wildman–Crippen MR) is 73.5 cm³/mol. The molecular weight excluding hydrogens is 276 g/mol. The fraction of sp³-hybridized carbons (Fsp3) is 0.267. The second kappa shape index (κ2) is 5.78. The van der Waals surface area contributed by atoms with Crippen LogP contribution in [0.1, 0.15) is 31.3 Å². The van der Waals surface area contributed by atoms with Gasteiger partial charge in [0.1, 0.15) is 17.4 Å². The number of hydrogen-bond donors (Lipinski definition) is 0. The third-order valence-electron chi connectivity index (χ3n) is 2.75. The predicted octanol–water partition coefficient (Wildman–Crippen LogP) is 2.23. The lowest BCUT2D eigenvalue weighted by molar-refractivity contribution is -0.186. The van der Waals surface area contributed by atoms with Gasteiger partial charge in [-0.05, 0) is 19.1 Å². The van der Waals surface area contributed by atoms with E-state index in [0.29, 0.717) is 11.0 Å². The standard InChI is InChI=1S/C15H14O6/c1-8-4-5-13-11(6-8)14(18)12(7-19-13)15(20-9(2)16)21-10(3)17/h4-7,15H,1-3H3. The van der Waals surface area contributed by atoms with Crippen molar-refractivity contribution in [1.29, 1.82) is 0 Å². The molecule has 21 heavy (non-hydrogen) atoms. The molecular formula is C15H14O6. The van der Waals surface area contributed by atoms with E-state index in [0.717, 1.165) is 25.7 Å². The van der Waals surface area contributed by atoms with Gasteiger partial charge in [-0.3, -0.25) is 14.4 Å². The Bertz CT molecular complexity index is 742. The second-order valence-corrected chi connectivity index (χ2v) is 4.57. The highest BCUT2D eigenvalue weighted by atomic mass is 16.7. The van der Waals surface area contributed by atoms with E-state index in [1.54, 1.807) is 18.2 Å². The van der Waals surface area contributed by atoms with Gasteiger partial charge in [-0.1, -0.05) is 11.6 Å². The maximum atomic E-state index is 12.4. The van der Waals surface area contributed by atoms with Gasteiger partial charge in [-0.2, -0.15) is 0 Å². The zero-order valence-electron chi connectivity index (χ0n) is 11.8. The third-order valence-corrected chi connectivity index (χ3v) is 2.75. The average Bonchev–Trinajstić information content (AvgIpc) is 2.38. The monoisotopic (exact) mass is 290 g/mol. The van der Waals surface area contributed by atoms with Crippen LogP contribution in [-0.4, -0.2) is 11.9 Å². The van der Waals surface area contributed by atoms with Gasteiger partial charge in [0.15, 0.2) is 0 Å². The Morgan fingerprint density at radius 1 is 1.14 bits per heavy atom. The molecule has 0 saturated heterocycles. The number of aryl methyl sites for hydroxylation is 1. The normalized spacial score (nSPS) is 10.7. The summed E-state index contributed by atoms with van der Waals surface area (Å²) in [5.41, 5.74) is 0.827. The molecule has 0 aliphatic rings. The van der Waals surface area contributed by atoms with Crippen molar-refractivity contribution in [2.45, 2.75) is 27.1 Å². The summed E-state index contributed by atoms with van der Waals surface area (Å²) in [5, 5.41) is 0.330. The molecule has 2 rings (SSSR count). The van der Waals surface area contributed by atoms with Crippen LogP contribution in [0.5, 0.6) is 0 Å².